The average Bonchev–Trinajstić information content (AvgIpc) is 3.76. The standard InChI is InChI=1S/C42H73N5O5/c1-3-5-7-9-11-13-15-17-19-21-23-25-27-29-38(48)50-32-36-35(31-37(51-36)47-34-46-40-41(43)44-33-45-42(40)47)52-39(49)30-28-26-24-22-20-18-16-14-12-10-8-6-4-2/h33-37H,3-32H2,1-2H3,(H2,43,44,45)/t35-,36+,37+/m0/s1. The van der Waals surface area contributed by atoms with Crippen molar-refractivity contribution in [1.29, 1.82) is 0 Å². The lowest BCUT2D eigenvalue weighted by Gasteiger charge is -2.19. The Morgan fingerprint density at radius 2 is 1.13 bits per heavy atom. The van der Waals surface area contributed by atoms with Gasteiger partial charge in [0.2, 0.25) is 0 Å². The first-order chi connectivity index (χ1) is 25.5. The maximum absolute atomic E-state index is 12.9. The molecule has 2 aromatic rings. The van der Waals surface area contributed by atoms with Crippen LogP contribution in [0.4, 0.5) is 5.82 Å². The molecular formula is C42H73N5O5. The Balaban J connectivity index is 1.33. The number of carbonyl (C=O) groups excluding carboxylic acids is 2. The number of nitrogen functional groups attached to an aromatic ring is 1. The van der Waals surface area contributed by atoms with Gasteiger partial charge < -0.3 is 19.9 Å². The van der Waals surface area contributed by atoms with E-state index in [9.17, 15) is 9.59 Å². The van der Waals surface area contributed by atoms with E-state index in [-0.39, 0.29) is 18.5 Å². The predicted octanol–water partition coefficient (Wildman–Crippen LogP) is 11.1. The Morgan fingerprint density at radius 3 is 1.63 bits per heavy atom. The fraction of sp³-hybridized carbons (Fsp3) is 0.833. The molecule has 0 radical (unpaired) electrons. The Kier molecular flexibility index (Phi) is 23.3. The van der Waals surface area contributed by atoms with Gasteiger partial charge in [-0.1, -0.05) is 168 Å². The Morgan fingerprint density at radius 1 is 0.673 bits per heavy atom. The number of ether oxygens (including phenoxy) is 3. The highest BCUT2D eigenvalue weighted by Gasteiger charge is 2.40. The van der Waals surface area contributed by atoms with Crippen molar-refractivity contribution in [2.45, 2.75) is 218 Å². The summed E-state index contributed by atoms with van der Waals surface area (Å²) in [5.74, 6) is -0.176. The summed E-state index contributed by atoms with van der Waals surface area (Å²) in [5.41, 5.74) is 7.05. The second-order valence-electron chi connectivity index (χ2n) is 15.1. The lowest BCUT2D eigenvalue weighted by Crippen LogP contribution is -2.32. The molecule has 0 unspecified atom stereocenters. The molecule has 1 saturated heterocycles. The van der Waals surface area contributed by atoms with E-state index in [2.05, 4.69) is 28.8 Å². The zero-order valence-corrected chi connectivity index (χ0v) is 33.0. The highest BCUT2D eigenvalue weighted by Crippen LogP contribution is 2.34. The molecule has 1 fully saturated rings. The molecule has 0 spiro atoms. The highest BCUT2D eigenvalue weighted by molar-refractivity contribution is 5.81. The molecule has 10 nitrogen and oxygen atoms in total. The van der Waals surface area contributed by atoms with Gasteiger partial charge in [-0.25, -0.2) is 15.0 Å². The van der Waals surface area contributed by atoms with E-state index in [4.69, 9.17) is 19.9 Å². The van der Waals surface area contributed by atoms with Crippen molar-refractivity contribution in [3.05, 3.63) is 12.7 Å². The van der Waals surface area contributed by atoms with Crippen molar-refractivity contribution in [1.82, 2.24) is 19.5 Å². The quantitative estimate of drug-likeness (QED) is 0.0577. The minimum Gasteiger partial charge on any atom is -0.463 e. The fourth-order valence-corrected chi connectivity index (χ4v) is 7.28. The average molecular weight is 728 g/mol. The van der Waals surface area contributed by atoms with Gasteiger partial charge in [-0.15, -0.1) is 0 Å². The largest absolute Gasteiger partial charge is 0.463 e. The van der Waals surface area contributed by atoms with Gasteiger partial charge in [0.25, 0.3) is 0 Å². The van der Waals surface area contributed by atoms with Gasteiger partial charge in [-0.2, -0.15) is 0 Å². The van der Waals surface area contributed by atoms with Crippen LogP contribution in [0.3, 0.4) is 0 Å². The van der Waals surface area contributed by atoms with E-state index in [1.807, 2.05) is 0 Å². The summed E-state index contributed by atoms with van der Waals surface area (Å²) in [5, 5.41) is 0. The first-order valence-electron chi connectivity index (χ1n) is 21.5. The number of nitrogens with zero attached hydrogens (tertiary/aromatic N) is 4. The number of hydrogen-bond donors (Lipinski definition) is 1. The molecule has 0 aliphatic carbocycles. The van der Waals surface area contributed by atoms with E-state index in [0.717, 1.165) is 38.5 Å². The van der Waals surface area contributed by atoms with Gasteiger partial charge in [-0.05, 0) is 12.8 Å². The Labute approximate surface area is 315 Å². The van der Waals surface area contributed by atoms with Crippen molar-refractivity contribution in [2.24, 2.45) is 0 Å². The summed E-state index contributed by atoms with van der Waals surface area (Å²) in [7, 11) is 0. The Bertz CT molecular complexity index is 1220. The second kappa shape index (κ2) is 27.8. The van der Waals surface area contributed by atoms with Crippen LogP contribution in [0.1, 0.15) is 206 Å². The summed E-state index contributed by atoms with van der Waals surface area (Å²) in [6.07, 6.45) is 35.3. The van der Waals surface area contributed by atoms with Crippen molar-refractivity contribution in [2.75, 3.05) is 12.3 Å². The third-order valence-electron chi connectivity index (χ3n) is 10.5. The topological polar surface area (TPSA) is 131 Å². The van der Waals surface area contributed by atoms with E-state index in [0.29, 0.717) is 36.2 Å². The number of unbranched alkanes of at least 4 members (excludes halogenated alkanes) is 24. The number of rotatable bonds is 32. The summed E-state index contributed by atoms with van der Waals surface area (Å²) < 4.78 is 19.8. The molecule has 3 heterocycles. The molecule has 2 N–H and O–H groups in total. The molecule has 0 bridgehead atoms. The molecule has 0 aromatic carbocycles. The van der Waals surface area contributed by atoms with Crippen LogP contribution < -0.4 is 5.73 Å². The number of fused-ring (bicyclic) bond motifs is 1. The minimum absolute atomic E-state index is 0.0359. The van der Waals surface area contributed by atoms with Gasteiger partial charge in [0.1, 0.15) is 36.9 Å². The number of imidazole rings is 1. The summed E-state index contributed by atoms with van der Waals surface area (Å²) in [6.45, 7) is 4.56. The summed E-state index contributed by atoms with van der Waals surface area (Å²) in [4.78, 5) is 38.4. The predicted molar refractivity (Wildman–Crippen MR) is 210 cm³/mol. The molecular weight excluding hydrogens is 654 g/mol. The number of carbonyl (C=O) groups is 2. The number of aromatic nitrogens is 4. The van der Waals surface area contributed by atoms with Crippen molar-refractivity contribution in [3.8, 4) is 0 Å². The lowest BCUT2D eigenvalue weighted by atomic mass is 10.0. The molecule has 10 heteroatoms. The van der Waals surface area contributed by atoms with Crippen molar-refractivity contribution in [3.63, 3.8) is 0 Å². The number of anilines is 1. The van der Waals surface area contributed by atoms with Crippen LogP contribution in [-0.4, -0.2) is 50.3 Å². The maximum atomic E-state index is 12.9. The smallest absolute Gasteiger partial charge is 0.306 e. The number of hydrogen-bond acceptors (Lipinski definition) is 9. The zero-order valence-electron chi connectivity index (χ0n) is 33.0. The van der Waals surface area contributed by atoms with Crippen LogP contribution in [-0.2, 0) is 23.8 Å². The normalized spacial score (nSPS) is 17.2. The van der Waals surface area contributed by atoms with Crippen molar-refractivity contribution < 1.29 is 23.8 Å². The summed E-state index contributed by atoms with van der Waals surface area (Å²) >= 11 is 0. The van der Waals surface area contributed by atoms with E-state index in [1.54, 1.807) is 10.9 Å². The van der Waals surface area contributed by atoms with Crippen LogP contribution in [0.15, 0.2) is 12.7 Å². The molecule has 52 heavy (non-hydrogen) atoms. The van der Waals surface area contributed by atoms with Gasteiger partial charge in [0.05, 0.1) is 6.33 Å². The van der Waals surface area contributed by atoms with Crippen molar-refractivity contribution >= 4 is 28.9 Å². The first kappa shape index (κ1) is 43.7. The van der Waals surface area contributed by atoms with E-state index in [1.165, 1.54) is 135 Å². The second-order valence-corrected chi connectivity index (χ2v) is 15.1. The van der Waals surface area contributed by atoms with Crippen LogP contribution in [0.25, 0.3) is 11.2 Å². The molecule has 296 valence electrons. The van der Waals surface area contributed by atoms with E-state index >= 15 is 0 Å². The molecule has 1 aliphatic heterocycles. The zero-order chi connectivity index (χ0) is 37.1. The fourth-order valence-electron chi connectivity index (χ4n) is 7.28. The third-order valence-corrected chi connectivity index (χ3v) is 10.5. The van der Waals surface area contributed by atoms with Crippen LogP contribution >= 0.6 is 0 Å². The molecule has 3 rings (SSSR count). The van der Waals surface area contributed by atoms with Crippen LogP contribution in [0, 0.1) is 0 Å². The van der Waals surface area contributed by atoms with Gasteiger partial charge >= 0.3 is 11.9 Å². The highest BCUT2D eigenvalue weighted by atomic mass is 16.6. The molecule has 1 aliphatic rings. The van der Waals surface area contributed by atoms with Crippen LogP contribution in [0.2, 0.25) is 0 Å². The third kappa shape index (κ3) is 17.8. The van der Waals surface area contributed by atoms with Crippen LogP contribution in [0.5, 0.6) is 0 Å². The SMILES string of the molecule is CCCCCCCCCCCCCCCC(=O)OC[C@H]1O[C@@H](n2cnc3c(N)ncnc32)C[C@@H]1OC(=O)CCCCCCCCCCCCCCC. The van der Waals surface area contributed by atoms with Gasteiger partial charge in [0.15, 0.2) is 11.5 Å². The molecule has 3 atom stereocenters. The maximum Gasteiger partial charge on any atom is 0.306 e. The molecule has 0 amide bonds. The van der Waals surface area contributed by atoms with E-state index < -0.39 is 18.4 Å². The minimum atomic E-state index is -0.576. The van der Waals surface area contributed by atoms with Gasteiger partial charge in [-0.3, -0.25) is 14.2 Å². The molecule has 2 aromatic heterocycles. The monoisotopic (exact) mass is 728 g/mol. The number of nitrogens with two attached hydrogens (primary N) is 1. The Hall–Kier alpha value is -2.75. The number of esters is 2. The lowest BCUT2D eigenvalue weighted by molar-refractivity contribution is -0.158. The molecule has 0 saturated carbocycles. The first-order valence-corrected chi connectivity index (χ1v) is 21.5. The summed E-state index contributed by atoms with van der Waals surface area (Å²) in [6, 6.07) is 0. The van der Waals surface area contributed by atoms with Gasteiger partial charge in [0, 0.05) is 19.3 Å².